The molecule has 2 rings (SSSR count). The first-order valence-electron chi connectivity index (χ1n) is 6.79. The molecule has 4 nitrogen and oxygen atoms in total. The minimum atomic E-state index is 0.375. The lowest BCUT2D eigenvalue weighted by molar-refractivity contribution is -0.126. The van der Waals surface area contributed by atoms with Gasteiger partial charge in [0, 0.05) is 12.3 Å². The van der Waals surface area contributed by atoms with Crippen molar-refractivity contribution in [3.63, 3.8) is 0 Å². The van der Waals surface area contributed by atoms with Crippen LogP contribution in [0.1, 0.15) is 25.0 Å². The van der Waals surface area contributed by atoms with E-state index in [-0.39, 0.29) is 0 Å². The molecule has 0 fully saturated rings. The summed E-state index contributed by atoms with van der Waals surface area (Å²) in [5, 5.41) is 0. The van der Waals surface area contributed by atoms with Crippen LogP contribution in [0.25, 0.3) is 0 Å². The van der Waals surface area contributed by atoms with Crippen LogP contribution in [0.3, 0.4) is 0 Å². The van der Waals surface area contributed by atoms with Crippen molar-refractivity contribution < 1.29 is 14.3 Å². The van der Waals surface area contributed by atoms with Gasteiger partial charge in [-0.05, 0) is 31.5 Å². The van der Waals surface area contributed by atoms with E-state index in [2.05, 4.69) is 9.72 Å². The van der Waals surface area contributed by atoms with Crippen LogP contribution in [0.5, 0.6) is 11.6 Å². The van der Waals surface area contributed by atoms with E-state index in [4.69, 9.17) is 9.53 Å². The van der Waals surface area contributed by atoms with Crippen molar-refractivity contribution in [1.82, 2.24) is 4.98 Å². The molecule has 0 aliphatic rings. The molecule has 0 aliphatic heterocycles. The molecule has 4 heteroatoms. The number of ether oxygens (including phenoxy) is 2. The van der Waals surface area contributed by atoms with Gasteiger partial charge >= 0.3 is 0 Å². The maximum Gasteiger partial charge on any atom is 0.292 e. The van der Waals surface area contributed by atoms with Crippen LogP contribution in [0.2, 0.25) is 0 Å². The number of pyridine rings is 1. The van der Waals surface area contributed by atoms with E-state index in [9.17, 15) is 0 Å². The molecule has 0 radical (unpaired) electrons. The Hall–Kier alpha value is -2.36. The van der Waals surface area contributed by atoms with Crippen molar-refractivity contribution in [3.05, 3.63) is 53.7 Å². The Morgan fingerprint density at radius 1 is 0.952 bits per heavy atom. The molecule has 0 bridgehead atoms. The van der Waals surface area contributed by atoms with E-state index < -0.39 is 0 Å². The zero-order valence-corrected chi connectivity index (χ0v) is 13.3. The summed E-state index contributed by atoms with van der Waals surface area (Å²) in [7, 11) is 1.31. The van der Waals surface area contributed by atoms with Crippen molar-refractivity contribution in [2.75, 3.05) is 7.11 Å². The van der Waals surface area contributed by atoms with Crippen molar-refractivity contribution >= 4 is 6.47 Å². The zero-order chi connectivity index (χ0) is 16.1. The molecule has 0 amide bonds. The van der Waals surface area contributed by atoms with Gasteiger partial charge in [-0.2, -0.15) is 0 Å². The quantitative estimate of drug-likeness (QED) is 0.790. The Kier molecular flexibility index (Phi) is 10.2. The number of carbonyl (C=O) groups excluding carboxylic acids is 1. The third-order valence-electron chi connectivity index (χ3n) is 2.22. The molecular formula is C17H23NO3. The van der Waals surface area contributed by atoms with E-state index in [0.717, 1.165) is 11.3 Å². The molecule has 0 aliphatic carbocycles. The molecule has 0 spiro atoms. The minimum Gasteiger partial charge on any atom is -0.471 e. The highest BCUT2D eigenvalue weighted by atomic mass is 16.5. The predicted octanol–water partition coefficient (Wildman–Crippen LogP) is 4.31. The van der Waals surface area contributed by atoms with Gasteiger partial charge < -0.3 is 9.47 Å². The van der Waals surface area contributed by atoms with Crippen molar-refractivity contribution in [1.29, 1.82) is 0 Å². The van der Waals surface area contributed by atoms with Crippen LogP contribution in [-0.4, -0.2) is 18.6 Å². The molecule has 0 N–H and O–H groups in total. The van der Waals surface area contributed by atoms with Gasteiger partial charge in [0.1, 0.15) is 5.75 Å². The number of nitrogens with zero attached hydrogens (tertiary/aromatic N) is 1. The Bertz CT molecular complexity index is 449. The first kappa shape index (κ1) is 18.6. The topological polar surface area (TPSA) is 48.4 Å². The van der Waals surface area contributed by atoms with Gasteiger partial charge in [-0.25, -0.2) is 4.98 Å². The molecule has 0 atom stereocenters. The molecular weight excluding hydrogens is 266 g/mol. The Labute approximate surface area is 126 Å². The molecule has 0 unspecified atom stereocenters. The molecule has 1 aromatic carbocycles. The zero-order valence-electron chi connectivity index (χ0n) is 13.3. The van der Waals surface area contributed by atoms with E-state index in [1.807, 2.05) is 64.1 Å². The average Bonchev–Trinajstić information content (AvgIpc) is 2.54. The normalized spacial score (nSPS) is 8.43. The van der Waals surface area contributed by atoms with Crippen LogP contribution in [0.15, 0.2) is 42.6 Å². The predicted molar refractivity (Wildman–Crippen MR) is 84.6 cm³/mol. The van der Waals surface area contributed by atoms with Gasteiger partial charge in [-0.15, -0.1) is 0 Å². The summed E-state index contributed by atoms with van der Waals surface area (Å²) in [4.78, 5) is 13.1. The lowest BCUT2D eigenvalue weighted by atomic mass is 10.2. The Morgan fingerprint density at radius 2 is 1.48 bits per heavy atom. The van der Waals surface area contributed by atoms with Gasteiger partial charge in [0.15, 0.2) is 0 Å². The standard InChI is InChI=1S/C13H13NO.C2H4O2.C2H6/c1-10-3-6-12(7-4-10)15-13-8-5-11(2)9-14-13;1-4-2-3;1-2/h3-9H,1-2H3;2H,1H3;1-2H3. The maximum absolute atomic E-state index is 8.95. The maximum atomic E-state index is 8.95. The number of carbonyl (C=O) groups is 1. The summed E-state index contributed by atoms with van der Waals surface area (Å²) in [6.07, 6.45) is 1.80. The van der Waals surface area contributed by atoms with E-state index >= 15 is 0 Å². The summed E-state index contributed by atoms with van der Waals surface area (Å²) < 4.78 is 9.44. The Morgan fingerprint density at radius 3 is 1.90 bits per heavy atom. The second-order valence-corrected chi connectivity index (χ2v) is 3.92. The first-order valence-corrected chi connectivity index (χ1v) is 6.79. The highest BCUT2D eigenvalue weighted by Crippen LogP contribution is 2.19. The smallest absolute Gasteiger partial charge is 0.292 e. The van der Waals surface area contributed by atoms with Crippen molar-refractivity contribution in [2.24, 2.45) is 0 Å². The summed E-state index contributed by atoms with van der Waals surface area (Å²) in [6.45, 7) is 8.43. The average molecular weight is 289 g/mol. The molecule has 0 saturated carbocycles. The number of aromatic nitrogens is 1. The lowest BCUT2D eigenvalue weighted by Gasteiger charge is -2.04. The number of hydrogen-bond donors (Lipinski definition) is 0. The lowest BCUT2D eigenvalue weighted by Crippen LogP contribution is -1.87. The second-order valence-electron chi connectivity index (χ2n) is 3.92. The van der Waals surface area contributed by atoms with Gasteiger partial charge in [0.05, 0.1) is 7.11 Å². The van der Waals surface area contributed by atoms with E-state index in [0.29, 0.717) is 12.4 Å². The fourth-order valence-corrected chi connectivity index (χ4v) is 1.24. The summed E-state index contributed by atoms with van der Waals surface area (Å²) in [6, 6.07) is 11.8. The van der Waals surface area contributed by atoms with Gasteiger partial charge in [0.25, 0.3) is 6.47 Å². The molecule has 114 valence electrons. The molecule has 21 heavy (non-hydrogen) atoms. The van der Waals surface area contributed by atoms with Gasteiger partial charge in [-0.3, -0.25) is 4.79 Å². The third-order valence-corrected chi connectivity index (χ3v) is 2.22. The number of hydrogen-bond acceptors (Lipinski definition) is 4. The number of aryl methyl sites for hydroxylation is 2. The molecule has 0 saturated heterocycles. The first-order chi connectivity index (χ1) is 10.2. The number of rotatable bonds is 3. The monoisotopic (exact) mass is 289 g/mol. The summed E-state index contributed by atoms with van der Waals surface area (Å²) in [5.41, 5.74) is 2.35. The van der Waals surface area contributed by atoms with Crippen molar-refractivity contribution in [3.8, 4) is 11.6 Å². The van der Waals surface area contributed by atoms with Crippen LogP contribution < -0.4 is 4.74 Å². The second kappa shape index (κ2) is 11.5. The minimum absolute atomic E-state index is 0.375. The summed E-state index contributed by atoms with van der Waals surface area (Å²) >= 11 is 0. The van der Waals surface area contributed by atoms with Crippen LogP contribution in [0, 0.1) is 13.8 Å². The van der Waals surface area contributed by atoms with Crippen molar-refractivity contribution in [2.45, 2.75) is 27.7 Å². The van der Waals surface area contributed by atoms with E-state index in [1.54, 1.807) is 6.20 Å². The van der Waals surface area contributed by atoms with Gasteiger partial charge in [0.2, 0.25) is 5.88 Å². The van der Waals surface area contributed by atoms with Crippen LogP contribution in [-0.2, 0) is 9.53 Å². The molecule has 1 aromatic heterocycles. The molecule has 2 aromatic rings. The van der Waals surface area contributed by atoms with E-state index in [1.165, 1.54) is 12.7 Å². The molecule has 1 heterocycles. The SMILES string of the molecule is CC.COC=O.Cc1ccc(Oc2ccc(C)cn2)cc1. The van der Waals surface area contributed by atoms with Crippen LogP contribution >= 0.6 is 0 Å². The number of benzene rings is 1. The van der Waals surface area contributed by atoms with Crippen LogP contribution in [0.4, 0.5) is 0 Å². The van der Waals surface area contributed by atoms with Gasteiger partial charge in [-0.1, -0.05) is 37.6 Å². The summed E-state index contributed by atoms with van der Waals surface area (Å²) in [5.74, 6) is 1.45. The Balaban J connectivity index is 0.000000579. The fraction of sp³-hybridized carbons (Fsp3) is 0.294. The highest BCUT2D eigenvalue weighted by molar-refractivity contribution is 5.36. The largest absolute Gasteiger partial charge is 0.471 e. The number of methoxy groups -OCH3 is 1. The highest BCUT2D eigenvalue weighted by Gasteiger charge is 1.97. The third kappa shape index (κ3) is 8.42. The fourth-order valence-electron chi connectivity index (χ4n) is 1.24.